The van der Waals surface area contributed by atoms with Crippen LogP contribution in [0.5, 0.6) is 0 Å². The molecule has 19 heavy (non-hydrogen) atoms. The second-order valence-electron chi connectivity index (χ2n) is 6.69. The lowest BCUT2D eigenvalue weighted by Gasteiger charge is -2.36. The highest BCUT2D eigenvalue weighted by Crippen LogP contribution is 2.60. The number of epoxide rings is 1. The average Bonchev–Trinajstić information content (AvgIpc) is 3.04. The van der Waals surface area contributed by atoms with E-state index < -0.39 is 5.41 Å². The van der Waals surface area contributed by atoms with Gasteiger partial charge in [-0.05, 0) is 25.8 Å². The van der Waals surface area contributed by atoms with E-state index in [1.54, 1.807) is 6.08 Å². The first-order chi connectivity index (χ1) is 8.99. The van der Waals surface area contributed by atoms with E-state index in [1.165, 1.54) is 0 Å². The summed E-state index contributed by atoms with van der Waals surface area (Å²) in [7, 11) is 0. The van der Waals surface area contributed by atoms with Crippen molar-refractivity contribution >= 4 is 11.8 Å². The maximum Gasteiger partial charge on any atom is 0.309 e. The summed E-state index contributed by atoms with van der Waals surface area (Å²) in [6.07, 6.45) is 5.19. The molecule has 4 heteroatoms. The number of hydrogen-bond donors (Lipinski definition) is 0. The average molecular weight is 262 g/mol. The van der Waals surface area contributed by atoms with E-state index in [0.29, 0.717) is 0 Å². The van der Waals surface area contributed by atoms with Crippen LogP contribution in [0.2, 0.25) is 0 Å². The molecule has 4 aliphatic rings. The fourth-order valence-electron chi connectivity index (χ4n) is 4.46. The molecule has 4 nitrogen and oxygen atoms in total. The van der Waals surface area contributed by atoms with Gasteiger partial charge in [-0.15, -0.1) is 0 Å². The van der Waals surface area contributed by atoms with Crippen LogP contribution in [0.25, 0.3) is 0 Å². The summed E-state index contributed by atoms with van der Waals surface area (Å²) in [5.41, 5.74) is -0.800. The van der Waals surface area contributed by atoms with E-state index in [-0.39, 0.29) is 41.2 Å². The van der Waals surface area contributed by atoms with Crippen LogP contribution in [-0.4, -0.2) is 30.1 Å². The molecule has 4 rings (SSSR count). The Morgan fingerprint density at radius 1 is 1.37 bits per heavy atom. The molecule has 1 spiro atoms. The summed E-state index contributed by atoms with van der Waals surface area (Å²) < 4.78 is 11.3. The minimum Gasteiger partial charge on any atom is -0.461 e. The van der Waals surface area contributed by atoms with E-state index in [9.17, 15) is 9.59 Å². The van der Waals surface area contributed by atoms with Crippen molar-refractivity contribution in [2.45, 2.75) is 38.4 Å². The molecule has 0 amide bonds. The molecule has 0 aromatic carbocycles. The number of carbonyl (C=O) groups is 2. The zero-order chi connectivity index (χ0) is 13.4. The van der Waals surface area contributed by atoms with Gasteiger partial charge in [-0.2, -0.15) is 0 Å². The van der Waals surface area contributed by atoms with Crippen LogP contribution in [0.3, 0.4) is 0 Å². The van der Waals surface area contributed by atoms with Crippen LogP contribution >= 0.6 is 0 Å². The first-order valence-corrected chi connectivity index (χ1v) is 7.06. The number of carbonyl (C=O) groups excluding carboxylic acids is 2. The van der Waals surface area contributed by atoms with Gasteiger partial charge in [0.2, 0.25) is 0 Å². The van der Waals surface area contributed by atoms with Crippen LogP contribution in [-0.2, 0) is 19.1 Å². The zero-order valence-corrected chi connectivity index (χ0v) is 11.2. The molecule has 0 aromatic heterocycles. The van der Waals surface area contributed by atoms with E-state index >= 15 is 0 Å². The fourth-order valence-corrected chi connectivity index (χ4v) is 4.46. The first-order valence-electron chi connectivity index (χ1n) is 7.06. The van der Waals surface area contributed by atoms with Gasteiger partial charge >= 0.3 is 5.97 Å². The number of rotatable bonds is 0. The number of hydrogen-bond acceptors (Lipinski definition) is 4. The standard InChI is InChI=1S/C15H18O4/c1-8-9-5-6-15(7-18-15)10-3-4-11(16)14(10,2)12(9)19-13(8)17/h3-4,8-10,12H,5-7H2,1-2H3. The van der Waals surface area contributed by atoms with E-state index in [0.717, 1.165) is 19.4 Å². The molecule has 102 valence electrons. The van der Waals surface area contributed by atoms with Crippen molar-refractivity contribution in [3.63, 3.8) is 0 Å². The third-order valence-electron chi connectivity index (χ3n) is 5.84. The summed E-state index contributed by atoms with van der Waals surface area (Å²) in [6, 6.07) is 0. The lowest BCUT2D eigenvalue weighted by atomic mass is 9.67. The number of ketones is 1. The molecule has 3 fully saturated rings. The normalized spacial score (nSPS) is 54.8. The molecule has 0 aromatic rings. The van der Waals surface area contributed by atoms with Crippen molar-refractivity contribution < 1.29 is 19.1 Å². The van der Waals surface area contributed by atoms with Gasteiger partial charge in [0, 0.05) is 11.8 Å². The topological polar surface area (TPSA) is 55.9 Å². The fraction of sp³-hybridized carbons (Fsp3) is 0.733. The molecule has 1 saturated carbocycles. The Morgan fingerprint density at radius 2 is 2.11 bits per heavy atom. The van der Waals surface area contributed by atoms with Crippen LogP contribution < -0.4 is 0 Å². The predicted octanol–water partition coefficient (Wildman–Crippen LogP) is 1.49. The first kappa shape index (κ1) is 11.6. The lowest BCUT2D eigenvalue weighted by Crippen LogP contribution is -2.47. The molecule has 2 aliphatic heterocycles. The molecule has 0 radical (unpaired) electrons. The SMILES string of the molecule is CC1C(=O)OC2C1CCC1(CO1)C1C=CC(=O)C21C. The van der Waals surface area contributed by atoms with Crippen molar-refractivity contribution in [2.75, 3.05) is 6.61 Å². The maximum absolute atomic E-state index is 12.4. The van der Waals surface area contributed by atoms with Gasteiger partial charge in [0.15, 0.2) is 5.78 Å². The van der Waals surface area contributed by atoms with Crippen LogP contribution in [0.15, 0.2) is 12.2 Å². The van der Waals surface area contributed by atoms with Gasteiger partial charge in [0.05, 0.1) is 23.5 Å². The highest BCUT2D eigenvalue weighted by atomic mass is 16.6. The zero-order valence-electron chi connectivity index (χ0n) is 11.2. The van der Waals surface area contributed by atoms with Crippen LogP contribution in [0.4, 0.5) is 0 Å². The van der Waals surface area contributed by atoms with E-state index in [2.05, 4.69) is 0 Å². The number of esters is 1. The Kier molecular flexibility index (Phi) is 2.02. The molecule has 2 saturated heterocycles. The molecule has 6 atom stereocenters. The molecule has 2 heterocycles. The van der Waals surface area contributed by atoms with Crippen LogP contribution in [0.1, 0.15) is 26.7 Å². The Balaban J connectivity index is 1.83. The smallest absolute Gasteiger partial charge is 0.309 e. The van der Waals surface area contributed by atoms with Crippen molar-refractivity contribution in [3.8, 4) is 0 Å². The highest BCUT2D eigenvalue weighted by Gasteiger charge is 2.68. The van der Waals surface area contributed by atoms with E-state index in [1.807, 2.05) is 19.9 Å². The van der Waals surface area contributed by atoms with Gasteiger partial charge in [-0.1, -0.05) is 13.0 Å². The van der Waals surface area contributed by atoms with Crippen LogP contribution in [0, 0.1) is 23.2 Å². The number of ether oxygens (including phenoxy) is 2. The summed E-state index contributed by atoms with van der Waals surface area (Å²) in [5, 5.41) is 0. The highest BCUT2D eigenvalue weighted by molar-refractivity contribution is 5.99. The molecule has 0 N–H and O–H groups in total. The molecule has 2 aliphatic carbocycles. The third-order valence-corrected chi connectivity index (χ3v) is 5.84. The minimum atomic E-state index is -0.627. The second kappa shape index (κ2) is 3.29. The lowest BCUT2D eigenvalue weighted by molar-refractivity contribution is -0.153. The van der Waals surface area contributed by atoms with Crippen molar-refractivity contribution in [3.05, 3.63) is 12.2 Å². The van der Waals surface area contributed by atoms with Crippen molar-refractivity contribution in [2.24, 2.45) is 23.2 Å². The third kappa shape index (κ3) is 1.23. The van der Waals surface area contributed by atoms with Gasteiger partial charge in [0.1, 0.15) is 6.10 Å². The monoisotopic (exact) mass is 262 g/mol. The van der Waals surface area contributed by atoms with Gasteiger partial charge in [0.25, 0.3) is 0 Å². The summed E-state index contributed by atoms with van der Waals surface area (Å²) in [5.74, 6) is 0.0336. The predicted molar refractivity (Wildman–Crippen MR) is 66.2 cm³/mol. The van der Waals surface area contributed by atoms with Gasteiger partial charge in [-0.25, -0.2) is 0 Å². The molecule has 0 bridgehead atoms. The Hall–Kier alpha value is -1.16. The molecule has 6 unspecified atom stereocenters. The van der Waals surface area contributed by atoms with Gasteiger partial charge < -0.3 is 9.47 Å². The van der Waals surface area contributed by atoms with Crippen molar-refractivity contribution in [1.29, 1.82) is 0 Å². The minimum absolute atomic E-state index is 0.0561. The Labute approximate surface area is 112 Å². The quantitative estimate of drug-likeness (QED) is 0.490. The maximum atomic E-state index is 12.4. The van der Waals surface area contributed by atoms with Gasteiger partial charge in [-0.3, -0.25) is 9.59 Å². The molecular weight excluding hydrogens is 244 g/mol. The summed E-state index contributed by atoms with van der Waals surface area (Å²) in [6.45, 7) is 4.61. The number of allylic oxidation sites excluding steroid dienone is 1. The molecular formula is C15H18O4. The van der Waals surface area contributed by atoms with Crippen molar-refractivity contribution in [1.82, 2.24) is 0 Å². The van der Waals surface area contributed by atoms with E-state index in [4.69, 9.17) is 9.47 Å². The Bertz CT molecular complexity index is 504. The second-order valence-corrected chi connectivity index (χ2v) is 6.69. The Morgan fingerprint density at radius 3 is 2.79 bits per heavy atom. The number of fused-ring (bicyclic) bond motifs is 4. The summed E-state index contributed by atoms with van der Waals surface area (Å²) in [4.78, 5) is 24.3. The largest absolute Gasteiger partial charge is 0.461 e. The summed E-state index contributed by atoms with van der Waals surface area (Å²) >= 11 is 0.